The van der Waals surface area contributed by atoms with Gasteiger partial charge in [0.05, 0.1) is 12.1 Å². The van der Waals surface area contributed by atoms with Crippen LogP contribution in [0, 0.1) is 19.8 Å². The molecule has 196 valence electrons. The first-order chi connectivity index (χ1) is 17.0. The summed E-state index contributed by atoms with van der Waals surface area (Å²) in [6, 6.07) is -0.570. The van der Waals surface area contributed by atoms with Gasteiger partial charge in [0.2, 0.25) is 23.6 Å². The smallest absolute Gasteiger partial charge is 0.274 e. The molecule has 2 aromatic rings. The standard InChI is InChI=1S/C24H34N6O6/c1-12(2)19-24-29-20(15(5)35-24)23(34)26-14(4)21(32)25-9-7-6-8-17(22(33)28-19)27-18(31)11-16-10-13(3)30-36-16/h10,12,14,17,19H,6-9,11H2,1-5H3,(H,25,32)(H,26,34)(H,27,31)(H,28,33)/t14-,17+,19+/m1/s1. The number of carbonyl (C=O) groups excluding carboxylic acids is 4. The van der Waals surface area contributed by atoms with Gasteiger partial charge in [0.1, 0.15) is 29.6 Å². The minimum atomic E-state index is -0.830. The van der Waals surface area contributed by atoms with Gasteiger partial charge in [0.15, 0.2) is 5.69 Å². The van der Waals surface area contributed by atoms with Crippen molar-refractivity contribution < 1.29 is 28.1 Å². The highest BCUT2D eigenvalue weighted by Gasteiger charge is 2.31. The zero-order valence-electron chi connectivity index (χ0n) is 21.3. The predicted octanol–water partition coefficient (Wildman–Crippen LogP) is 1.24. The van der Waals surface area contributed by atoms with Crippen molar-refractivity contribution in [2.45, 2.75) is 78.4 Å². The first-order valence-electron chi connectivity index (χ1n) is 12.1. The lowest BCUT2D eigenvalue weighted by atomic mass is 10.0. The highest BCUT2D eigenvalue weighted by Crippen LogP contribution is 2.24. The number of nitrogens with one attached hydrogen (secondary N) is 4. The number of amides is 4. The maximum atomic E-state index is 13.3. The van der Waals surface area contributed by atoms with Crippen LogP contribution in [-0.4, -0.2) is 52.4 Å². The molecule has 0 aromatic carbocycles. The summed E-state index contributed by atoms with van der Waals surface area (Å²) in [4.78, 5) is 55.4. The van der Waals surface area contributed by atoms with Crippen LogP contribution in [0.1, 0.15) is 79.7 Å². The molecule has 0 unspecified atom stereocenters. The van der Waals surface area contributed by atoms with Crippen molar-refractivity contribution >= 4 is 23.6 Å². The molecular weight excluding hydrogens is 468 g/mol. The molecular formula is C24H34N6O6. The van der Waals surface area contributed by atoms with Crippen molar-refractivity contribution in [1.29, 1.82) is 0 Å². The Morgan fingerprint density at radius 3 is 2.58 bits per heavy atom. The summed E-state index contributed by atoms with van der Waals surface area (Å²) in [5, 5.41) is 14.9. The van der Waals surface area contributed by atoms with Gasteiger partial charge in [-0.25, -0.2) is 4.98 Å². The number of hydrogen-bond donors (Lipinski definition) is 4. The van der Waals surface area contributed by atoms with Crippen molar-refractivity contribution in [3.05, 3.63) is 34.9 Å². The van der Waals surface area contributed by atoms with E-state index in [1.54, 1.807) is 26.8 Å². The average molecular weight is 503 g/mol. The fourth-order valence-electron chi connectivity index (χ4n) is 3.87. The number of rotatable bonds is 4. The second-order valence-electron chi connectivity index (χ2n) is 9.40. The zero-order valence-corrected chi connectivity index (χ0v) is 21.3. The van der Waals surface area contributed by atoms with E-state index in [0.717, 1.165) is 0 Å². The Bertz CT molecular complexity index is 1110. The first-order valence-corrected chi connectivity index (χ1v) is 12.1. The molecule has 4 N–H and O–H groups in total. The van der Waals surface area contributed by atoms with Gasteiger partial charge in [-0.1, -0.05) is 19.0 Å². The highest BCUT2D eigenvalue weighted by atomic mass is 16.5. The number of hydrogen-bond acceptors (Lipinski definition) is 8. The molecule has 0 radical (unpaired) electrons. The van der Waals surface area contributed by atoms with Gasteiger partial charge < -0.3 is 30.2 Å². The maximum absolute atomic E-state index is 13.3. The Kier molecular flexibility index (Phi) is 8.83. The molecule has 3 atom stereocenters. The largest absolute Gasteiger partial charge is 0.443 e. The van der Waals surface area contributed by atoms with Crippen molar-refractivity contribution in [2.24, 2.45) is 5.92 Å². The van der Waals surface area contributed by atoms with Gasteiger partial charge >= 0.3 is 0 Å². The van der Waals surface area contributed by atoms with Crippen LogP contribution in [0.2, 0.25) is 0 Å². The molecule has 0 saturated carbocycles. The summed E-state index contributed by atoms with van der Waals surface area (Å²) in [5.41, 5.74) is 0.703. The summed E-state index contributed by atoms with van der Waals surface area (Å²) in [5.74, 6) is -0.937. The van der Waals surface area contributed by atoms with Crippen LogP contribution in [0.4, 0.5) is 0 Å². The van der Waals surface area contributed by atoms with Crippen LogP contribution < -0.4 is 21.3 Å². The normalized spacial score (nSPS) is 22.1. The molecule has 0 saturated heterocycles. The summed E-state index contributed by atoms with van der Waals surface area (Å²) in [6.45, 7) is 9.07. The Balaban J connectivity index is 1.84. The van der Waals surface area contributed by atoms with Gasteiger partial charge in [-0.15, -0.1) is 0 Å². The second-order valence-corrected chi connectivity index (χ2v) is 9.40. The fourth-order valence-corrected chi connectivity index (χ4v) is 3.87. The molecule has 4 amide bonds. The molecule has 0 fully saturated rings. The van der Waals surface area contributed by atoms with Crippen molar-refractivity contribution in [2.75, 3.05) is 6.54 Å². The summed E-state index contributed by atoms with van der Waals surface area (Å²) in [6.07, 6.45) is 1.45. The van der Waals surface area contributed by atoms with E-state index in [9.17, 15) is 19.2 Å². The Hall–Kier alpha value is -3.70. The molecule has 12 nitrogen and oxygen atoms in total. The lowest BCUT2D eigenvalue weighted by molar-refractivity contribution is -0.129. The van der Waals surface area contributed by atoms with Crippen LogP contribution in [0.25, 0.3) is 0 Å². The highest BCUT2D eigenvalue weighted by molar-refractivity contribution is 5.96. The topological polar surface area (TPSA) is 168 Å². The number of aromatic nitrogens is 2. The Morgan fingerprint density at radius 2 is 1.92 bits per heavy atom. The fraction of sp³-hybridized carbons (Fsp3) is 0.583. The SMILES string of the molecule is Cc1cc(CC(=O)N[C@H]2CCCCNC(=O)[C@@H](C)NC(=O)c3nc(oc3C)[C@H](C(C)C)NC2=O)on1. The second kappa shape index (κ2) is 11.8. The van der Waals surface area contributed by atoms with E-state index in [0.29, 0.717) is 37.3 Å². The minimum Gasteiger partial charge on any atom is -0.443 e. The summed E-state index contributed by atoms with van der Waals surface area (Å²) < 4.78 is 10.9. The molecule has 3 heterocycles. The zero-order chi connectivity index (χ0) is 26.4. The number of aryl methyl sites for hydroxylation is 2. The quantitative estimate of drug-likeness (QED) is 0.484. The molecule has 36 heavy (non-hydrogen) atoms. The van der Waals surface area contributed by atoms with Gasteiger partial charge in [0.25, 0.3) is 5.91 Å². The Labute approximate surface area is 209 Å². The Morgan fingerprint density at radius 1 is 1.17 bits per heavy atom. The molecule has 0 aliphatic carbocycles. The number of oxazole rings is 1. The molecule has 1 aliphatic rings. The van der Waals surface area contributed by atoms with E-state index >= 15 is 0 Å². The van der Waals surface area contributed by atoms with E-state index < -0.39 is 29.9 Å². The van der Waals surface area contributed by atoms with Gasteiger partial charge in [0, 0.05) is 12.6 Å². The molecule has 2 bridgehead atoms. The molecule has 2 aromatic heterocycles. The maximum Gasteiger partial charge on any atom is 0.274 e. The van der Waals surface area contributed by atoms with E-state index in [2.05, 4.69) is 31.4 Å². The molecule has 0 spiro atoms. The third-order valence-electron chi connectivity index (χ3n) is 5.88. The monoisotopic (exact) mass is 502 g/mol. The van der Waals surface area contributed by atoms with Gasteiger partial charge in [-0.05, 0) is 46.0 Å². The lowest BCUT2D eigenvalue weighted by Crippen LogP contribution is -2.49. The number of fused-ring (bicyclic) bond motifs is 2. The average Bonchev–Trinajstić information content (AvgIpc) is 3.39. The first kappa shape index (κ1) is 26.9. The van der Waals surface area contributed by atoms with Crippen LogP contribution in [0.15, 0.2) is 15.0 Å². The summed E-state index contributed by atoms with van der Waals surface area (Å²) in [7, 11) is 0. The van der Waals surface area contributed by atoms with E-state index in [4.69, 9.17) is 8.94 Å². The van der Waals surface area contributed by atoms with Gasteiger partial charge in [-0.2, -0.15) is 0 Å². The van der Waals surface area contributed by atoms with E-state index in [1.807, 2.05) is 13.8 Å². The minimum absolute atomic E-state index is 0.0452. The molecule has 1 aliphatic heterocycles. The lowest BCUT2D eigenvalue weighted by Gasteiger charge is -2.24. The van der Waals surface area contributed by atoms with Crippen LogP contribution >= 0.6 is 0 Å². The van der Waals surface area contributed by atoms with Crippen LogP contribution in [0.5, 0.6) is 0 Å². The van der Waals surface area contributed by atoms with E-state index in [1.165, 1.54) is 0 Å². The molecule has 3 rings (SSSR count). The van der Waals surface area contributed by atoms with Crippen molar-refractivity contribution in [3.8, 4) is 0 Å². The van der Waals surface area contributed by atoms with Gasteiger partial charge in [-0.3, -0.25) is 19.2 Å². The number of carbonyl (C=O) groups is 4. The van der Waals surface area contributed by atoms with E-state index in [-0.39, 0.29) is 41.5 Å². The predicted molar refractivity (Wildman–Crippen MR) is 128 cm³/mol. The molecule has 12 heteroatoms. The van der Waals surface area contributed by atoms with Crippen molar-refractivity contribution in [1.82, 2.24) is 31.4 Å². The third-order valence-corrected chi connectivity index (χ3v) is 5.88. The van der Waals surface area contributed by atoms with Crippen LogP contribution in [0.3, 0.4) is 0 Å². The number of nitrogens with zero attached hydrogens (tertiary/aromatic N) is 2. The van der Waals surface area contributed by atoms with Crippen molar-refractivity contribution in [3.63, 3.8) is 0 Å². The summed E-state index contributed by atoms with van der Waals surface area (Å²) >= 11 is 0. The third kappa shape index (κ3) is 6.92. The van der Waals surface area contributed by atoms with Crippen LogP contribution in [-0.2, 0) is 20.8 Å².